The summed E-state index contributed by atoms with van der Waals surface area (Å²) in [7, 11) is 1.65. The lowest BCUT2D eigenvalue weighted by atomic mass is 10.2. The zero-order valence-electron chi connectivity index (χ0n) is 8.73. The number of benzene rings is 1. The Kier molecular flexibility index (Phi) is 3.16. The van der Waals surface area contributed by atoms with E-state index >= 15 is 0 Å². The monoisotopic (exact) mass is 233 g/mol. The van der Waals surface area contributed by atoms with Crippen molar-refractivity contribution in [3.05, 3.63) is 40.4 Å². The van der Waals surface area contributed by atoms with Crippen LogP contribution in [0.3, 0.4) is 0 Å². The Hall–Kier alpha value is -1.88. The molecule has 4 nitrogen and oxygen atoms in total. The normalized spacial score (nSPS) is 10.8. The van der Waals surface area contributed by atoms with E-state index in [1.807, 2.05) is 36.4 Å². The Bertz CT molecular complexity index is 539. The van der Waals surface area contributed by atoms with Crippen molar-refractivity contribution in [1.82, 2.24) is 15.2 Å². The number of aromatic nitrogens is 3. The van der Waals surface area contributed by atoms with Crippen LogP contribution in [0.2, 0.25) is 0 Å². The van der Waals surface area contributed by atoms with Crippen molar-refractivity contribution in [3.63, 3.8) is 0 Å². The summed E-state index contributed by atoms with van der Waals surface area (Å²) in [5, 5.41) is 5.58. The van der Waals surface area contributed by atoms with E-state index in [2.05, 4.69) is 15.2 Å². The van der Waals surface area contributed by atoms with Crippen molar-refractivity contribution in [2.45, 2.75) is 0 Å². The van der Waals surface area contributed by atoms with Gasteiger partial charge >= 0.3 is 0 Å². The van der Waals surface area contributed by atoms with E-state index in [1.165, 1.54) is 0 Å². The Morgan fingerprint density at radius 1 is 1.19 bits per heavy atom. The summed E-state index contributed by atoms with van der Waals surface area (Å²) in [6.45, 7) is 0. The minimum absolute atomic E-state index is 0.453. The van der Waals surface area contributed by atoms with Crippen molar-refractivity contribution < 1.29 is 4.74 Å². The second-order valence-electron chi connectivity index (χ2n) is 3.16. The van der Waals surface area contributed by atoms with E-state index in [-0.39, 0.29) is 0 Å². The number of hydrogen-bond donors (Lipinski definition) is 2. The lowest BCUT2D eigenvalue weighted by molar-refractivity contribution is 0.415. The first kappa shape index (κ1) is 10.6. The van der Waals surface area contributed by atoms with Crippen LogP contribution < -0.4 is 4.74 Å². The fourth-order valence-electron chi connectivity index (χ4n) is 1.25. The van der Waals surface area contributed by atoms with Crippen LogP contribution in [0.4, 0.5) is 0 Å². The Morgan fingerprint density at radius 2 is 1.94 bits per heavy atom. The average molecular weight is 233 g/mol. The summed E-state index contributed by atoms with van der Waals surface area (Å²) in [4.78, 5) is 4.05. The largest absolute Gasteiger partial charge is 0.497 e. The molecule has 0 fully saturated rings. The lowest BCUT2D eigenvalue weighted by Crippen LogP contribution is -1.81. The van der Waals surface area contributed by atoms with Gasteiger partial charge in [0.2, 0.25) is 4.77 Å². The maximum Gasteiger partial charge on any atom is 0.213 e. The van der Waals surface area contributed by atoms with Crippen LogP contribution in [-0.4, -0.2) is 22.3 Å². The number of methoxy groups -OCH3 is 1. The zero-order chi connectivity index (χ0) is 11.4. The highest BCUT2D eigenvalue weighted by Crippen LogP contribution is 2.12. The Labute approximate surface area is 98.0 Å². The van der Waals surface area contributed by atoms with Gasteiger partial charge in [0.05, 0.1) is 7.11 Å². The summed E-state index contributed by atoms with van der Waals surface area (Å²) < 4.78 is 5.53. The minimum Gasteiger partial charge on any atom is -0.497 e. The Balaban J connectivity index is 2.14. The molecule has 82 valence electrons. The van der Waals surface area contributed by atoms with Crippen LogP contribution in [0.15, 0.2) is 24.3 Å². The number of H-pyrrole nitrogens is 2. The van der Waals surface area contributed by atoms with Crippen molar-refractivity contribution in [2.24, 2.45) is 0 Å². The first-order valence-corrected chi connectivity index (χ1v) is 5.15. The molecule has 2 aromatic rings. The van der Waals surface area contributed by atoms with Gasteiger partial charge in [-0.25, -0.2) is 4.98 Å². The molecule has 1 aromatic carbocycles. The number of aromatic amines is 2. The van der Waals surface area contributed by atoms with Gasteiger partial charge in [-0.1, -0.05) is 18.2 Å². The maximum absolute atomic E-state index is 5.07. The molecule has 1 heterocycles. The third kappa shape index (κ3) is 2.58. The van der Waals surface area contributed by atoms with Crippen molar-refractivity contribution in [1.29, 1.82) is 0 Å². The number of hydrogen-bond acceptors (Lipinski definition) is 3. The topological polar surface area (TPSA) is 53.7 Å². The summed E-state index contributed by atoms with van der Waals surface area (Å²) in [5.74, 6) is 1.55. The molecule has 1 aromatic heterocycles. The maximum atomic E-state index is 5.07. The van der Waals surface area contributed by atoms with E-state index < -0.39 is 0 Å². The second-order valence-corrected chi connectivity index (χ2v) is 3.55. The van der Waals surface area contributed by atoms with Gasteiger partial charge in [0, 0.05) is 0 Å². The molecule has 0 saturated carbocycles. The van der Waals surface area contributed by atoms with Gasteiger partial charge in [0.1, 0.15) is 11.6 Å². The Morgan fingerprint density at radius 3 is 2.50 bits per heavy atom. The molecule has 0 aliphatic carbocycles. The van der Waals surface area contributed by atoms with Crippen LogP contribution in [0, 0.1) is 4.77 Å². The van der Waals surface area contributed by atoms with Crippen molar-refractivity contribution in [2.75, 3.05) is 7.11 Å². The minimum atomic E-state index is 0.453. The number of ether oxygens (including phenoxy) is 1. The fourth-order valence-corrected chi connectivity index (χ4v) is 1.40. The molecule has 0 unspecified atom stereocenters. The van der Waals surface area contributed by atoms with Gasteiger partial charge < -0.3 is 4.74 Å². The molecule has 0 amide bonds. The first-order valence-electron chi connectivity index (χ1n) is 4.75. The van der Waals surface area contributed by atoms with Crippen molar-refractivity contribution >= 4 is 24.4 Å². The first-order chi connectivity index (χ1) is 7.78. The predicted octanol–water partition coefficient (Wildman–Crippen LogP) is 2.65. The highest BCUT2D eigenvalue weighted by molar-refractivity contribution is 7.71. The van der Waals surface area contributed by atoms with Gasteiger partial charge in [-0.15, -0.1) is 0 Å². The van der Waals surface area contributed by atoms with E-state index in [9.17, 15) is 0 Å². The molecule has 0 aliphatic rings. The summed E-state index contributed by atoms with van der Waals surface area (Å²) >= 11 is 4.85. The summed E-state index contributed by atoms with van der Waals surface area (Å²) in [6.07, 6.45) is 3.80. The van der Waals surface area contributed by atoms with Gasteiger partial charge in [0.25, 0.3) is 0 Å². The van der Waals surface area contributed by atoms with Gasteiger partial charge in [-0.05, 0) is 36.0 Å². The molecule has 16 heavy (non-hydrogen) atoms. The molecule has 0 spiro atoms. The van der Waals surface area contributed by atoms with Crippen LogP contribution in [-0.2, 0) is 0 Å². The highest BCUT2D eigenvalue weighted by atomic mass is 32.1. The molecule has 2 rings (SSSR count). The number of nitrogens with zero attached hydrogens (tertiary/aromatic N) is 1. The molecular weight excluding hydrogens is 222 g/mol. The standard InChI is InChI=1S/C11H11N3OS/c1-15-9-5-2-8(3-6-9)4-7-10-12-11(16)14-13-10/h2-7H,1H3,(H2,12,13,14,16)/b7-4-. The van der Waals surface area contributed by atoms with Crippen molar-refractivity contribution in [3.8, 4) is 5.75 Å². The van der Waals surface area contributed by atoms with Crippen LogP contribution in [0.1, 0.15) is 11.4 Å². The third-order valence-corrected chi connectivity index (χ3v) is 2.26. The third-order valence-electron chi connectivity index (χ3n) is 2.07. The molecule has 0 atom stereocenters. The van der Waals surface area contributed by atoms with E-state index in [4.69, 9.17) is 17.0 Å². The fraction of sp³-hybridized carbons (Fsp3) is 0.0909. The van der Waals surface area contributed by atoms with Gasteiger partial charge in [-0.3, -0.25) is 10.2 Å². The predicted molar refractivity (Wildman–Crippen MR) is 65.7 cm³/mol. The van der Waals surface area contributed by atoms with E-state index in [0.717, 1.165) is 11.3 Å². The summed E-state index contributed by atoms with van der Waals surface area (Å²) in [6, 6.07) is 7.76. The second kappa shape index (κ2) is 4.76. The molecule has 0 bridgehead atoms. The van der Waals surface area contributed by atoms with E-state index in [0.29, 0.717) is 10.6 Å². The van der Waals surface area contributed by atoms with E-state index in [1.54, 1.807) is 7.11 Å². The molecule has 0 saturated heterocycles. The lowest BCUT2D eigenvalue weighted by Gasteiger charge is -1.98. The van der Waals surface area contributed by atoms with Crippen LogP contribution in [0.25, 0.3) is 12.2 Å². The highest BCUT2D eigenvalue weighted by Gasteiger charge is 1.92. The quantitative estimate of drug-likeness (QED) is 0.801. The summed E-state index contributed by atoms with van der Waals surface area (Å²) in [5.41, 5.74) is 1.07. The average Bonchev–Trinajstić information content (AvgIpc) is 2.73. The van der Waals surface area contributed by atoms with Gasteiger partial charge in [-0.2, -0.15) is 0 Å². The SMILES string of the molecule is COc1ccc(/C=C\c2nc(=S)[nH][nH]2)cc1. The van der Waals surface area contributed by atoms with Crippen LogP contribution in [0.5, 0.6) is 5.75 Å². The molecule has 2 N–H and O–H groups in total. The zero-order valence-corrected chi connectivity index (χ0v) is 9.54. The molecule has 0 radical (unpaired) electrons. The molecular formula is C11H11N3OS. The van der Waals surface area contributed by atoms with Crippen LogP contribution >= 0.6 is 12.2 Å². The number of rotatable bonds is 3. The van der Waals surface area contributed by atoms with Gasteiger partial charge in [0.15, 0.2) is 0 Å². The smallest absolute Gasteiger partial charge is 0.213 e. The molecule has 0 aliphatic heterocycles. The molecule has 5 heteroatoms. The number of nitrogens with one attached hydrogen (secondary N) is 2.